The lowest BCUT2D eigenvalue weighted by Crippen LogP contribution is -2.21. The van der Waals surface area contributed by atoms with Gasteiger partial charge in [0.25, 0.3) is 5.35 Å². The number of carboxylic acid groups (broad SMARTS) is 1. The summed E-state index contributed by atoms with van der Waals surface area (Å²) in [6.45, 7) is -0.0296. The fraction of sp³-hybridized carbons (Fsp3) is 0.333. The van der Waals surface area contributed by atoms with Crippen molar-refractivity contribution < 1.29 is 14.3 Å². The largest absolute Gasteiger partial charge is 0.481 e. The summed E-state index contributed by atoms with van der Waals surface area (Å²) in [4.78, 5) is 14.2. The molecule has 5 nitrogen and oxygen atoms in total. The monoisotopic (exact) mass is 190 g/mol. The maximum atomic E-state index is 10.5. The number of carboxylic acids is 1. The van der Waals surface area contributed by atoms with E-state index in [2.05, 4.69) is 9.40 Å². The van der Waals surface area contributed by atoms with Crippen LogP contribution in [0.25, 0.3) is 0 Å². The van der Waals surface area contributed by atoms with Crippen molar-refractivity contribution in [2.45, 2.75) is 5.92 Å². The van der Waals surface area contributed by atoms with Crippen LogP contribution in [0.3, 0.4) is 0 Å². The van der Waals surface area contributed by atoms with Gasteiger partial charge >= 0.3 is 5.97 Å². The van der Waals surface area contributed by atoms with Gasteiger partial charge in [-0.3, -0.25) is 4.79 Å². The highest BCUT2D eigenvalue weighted by Gasteiger charge is 2.21. The van der Waals surface area contributed by atoms with Crippen LogP contribution in [0, 0.1) is 0 Å². The number of aromatic nitrogens is 1. The lowest BCUT2D eigenvalue weighted by Gasteiger charge is -2.03. The molecule has 0 saturated heterocycles. The van der Waals surface area contributed by atoms with Gasteiger partial charge in [0.1, 0.15) is 12.2 Å². The van der Waals surface area contributed by atoms with Crippen LogP contribution in [-0.2, 0) is 4.79 Å². The average molecular weight is 191 g/mol. The van der Waals surface area contributed by atoms with Crippen molar-refractivity contribution in [2.24, 2.45) is 5.73 Å². The number of carbonyl (C=O) groups is 1. The maximum absolute atomic E-state index is 10.5. The lowest BCUT2D eigenvalue weighted by molar-refractivity contribution is -0.138. The molecule has 0 saturated carbocycles. The van der Waals surface area contributed by atoms with Crippen LogP contribution in [0.4, 0.5) is 0 Å². The first-order chi connectivity index (χ1) is 5.65. The number of hydrogen-bond acceptors (Lipinski definition) is 4. The van der Waals surface area contributed by atoms with Gasteiger partial charge in [0.15, 0.2) is 0 Å². The molecule has 1 aromatic rings. The van der Waals surface area contributed by atoms with Gasteiger partial charge in [-0.15, -0.1) is 0 Å². The van der Waals surface area contributed by atoms with Crippen LogP contribution >= 0.6 is 11.6 Å². The molecule has 0 fully saturated rings. The van der Waals surface area contributed by atoms with Gasteiger partial charge in [-0.1, -0.05) is 0 Å². The van der Waals surface area contributed by atoms with E-state index in [0.29, 0.717) is 0 Å². The Balaban J connectivity index is 2.87. The molecular formula is C6H7ClN2O3. The molecule has 6 heteroatoms. The van der Waals surface area contributed by atoms with Crippen molar-refractivity contribution in [2.75, 3.05) is 6.54 Å². The highest BCUT2D eigenvalue weighted by molar-refractivity contribution is 6.27. The van der Waals surface area contributed by atoms with Crippen LogP contribution in [0.5, 0.6) is 0 Å². The van der Waals surface area contributed by atoms with Gasteiger partial charge in [0, 0.05) is 6.54 Å². The second kappa shape index (κ2) is 3.55. The van der Waals surface area contributed by atoms with Gasteiger partial charge in [0.2, 0.25) is 0 Å². The summed E-state index contributed by atoms with van der Waals surface area (Å²) >= 11 is 5.35. The van der Waals surface area contributed by atoms with Crippen LogP contribution in [-0.4, -0.2) is 22.6 Å². The number of nitrogens with two attached hydrogens (primary N) is 1. The fourth-order valence-electron chi connectivity index (χ4n) is 0.771. The zero-order chi connectivity index (χ0) is 9.14. The summed E-state index contributed by atoms with van der Waals surface area (Å²) in [7, 11) is 0. The Labute approximate surface area is 73.1 Å². The smallest absolute Gasteiger partial charge is 0.314 e. The highest BCUT2D eigenvalue weighted by Crippen LogP contribution is 2.16. The first-order valence-electron chi connectivity index (χ1n) is 3.19. The molecule has 0 amide bonds. The first kappa shape index (κ1) is 9.02. The summed E-state index contributed by atoms with van der Waals surface area (Å²) in [6.07, 6.45) is 1.19. The molecule has 0 aliphatic heterocycles. The molecule has 0 radical (unpaired) electrons. The predicted octanol–water partition coefficient (Wildman–Crippen LogP) is 0.455. The average Bonchev–Trinajstić information content (AvgIpc) is 2.37. The van der Waals surface area contributed by atoms with Gasteiger partial charge in [0.05, 0.1) is 5.69 Å². The Morgan fingerprint density at radius 3 is 2.92 bits per heavy atom. The number of nitrogens with zero attached hydrogens (tertiary/aromatic N) is 1. The maximum Gasteiger partial charge on any atom is 0.314 e. The third kappa shape index (κ3) is 1.75. The van der Waals surface area contributed by atoms with E-state index in [1.165, 1.54) is 6.26 Å². The van der Waals surface area contributed by atoms with Crippen molar-refractivity contribution in [1.82, 2.24) is 4.98 Å². The Kier molecular flexibility index (Phi) is 2.67. The van der Waals surface area contributed by atoms with E-state index < -0.39 is 11.9 Å². The van der Waals surface area contributed by atoms with Crippen LogP contribution in [0.15, 0.2) is 10.7 Å². The van der Waals surface area contributed by atoms with Crippen LogP contribution < -0.4 is 5.73 Å². The second-order valence-electron chi connectivity index (χ2n) is 2.15. The van der Waals surface area contributed by atoms with E-state index in [1.807, 2.05) is 0 Å². The fourth-order valence-corrected chi connectivity index (χ4v) is 0.913. The number of halogens is 1. The zero-order valence-electron chi connectivity index (χ0n) is 6.03. The molecular weight excluding hydrogens is 184 g/mol. The number of aliphatic carboxylic acids is 1. The number of rotatable bonds is 3. The quantitative estimate of drug-likeness (QED) is 0.723. The molecule has 1 atom stereocenters. The van der Waals surface area contributed by atoms with E-state index in [0.717, 1.165) is 0 Å². The SMILES string of the molecule is NCC(C(=O)O)c1coc(Cl)n1. The molecule has 0 spiro atoms. The minimum atomic E-state index is -1.04. The number of oxazole rings is 1. The molecule has 3 N–H and O–H groups in total. The molecule has 66 valence electrons. The van der Waals surface area contributed by atoms with E-state index in [1.54, 1.807) is 0 Å². The zero-order valence-corrected chi connectivity index (χ0v) is 6.78. The molecule has 12 heavy (non-hydrogen) atoms. The molecule has 0 bridgehead atoms. The summed E-state index contributed by atoms with van der Waals surface area (Å²) in [5.41, 5.74) is 5.45. The van der Waals surface area contributed by atoms with E-state index in [9.17, 15) is 4.79 Å². The van der Waals surface area contributed by atoms with Gasteiger partial charge in [-0.25, -0.2) is 4.98 Å². The summed E-state index contributed by atoms with van der Waals surface area (Å²) < 4.78 is 4.63. The van der Waals surface area contributed by atoms with Crippen molar-refractivity contribution in [3.63, 3.8) is 0 Å². The normalized spacial score (nSPS) is 12.8. The van der Waals surface area contributed by atoms with Gasteiger partial charge in [-0.05, 0) is 11.6 Å². The van der Waals surface area contributed by atoms with E-state index >= 15 is 0 Å². The van der Waals surface area contributed by atoms with Crippen molar-refractivity contribution >= 4 is 17.6 Å². The van der Waals surface area contributed by atoms with Crippen molar-refractivity contribution in [3.8, 4) is 0 Å². The standard InChI is InChI=1S/C6H7ClN2O3/c7-6-9-4(2-12-6)3(1-8)5(10)11/h2-3H,1,8H2,(H,10,11). The molecule has 0 aromatic carbocycles. The highest BCUT2D eigenvalue weighted by atomic mass is 35.5. The predicted molar refractivity (Wildman–Crippen MR) is 40.9 cm³/mol. The molecule has 0 aliphatic carbocycles. The topological polar surface area (TPSA) is 89.4 Å². The Morgan fingerprint density at radius 2 is 2.58 bits per heavy atom. The molecule has 1 aromatic heterocycles. The summed E-state index contributed by atoms with van der Waals surface area (Å²) in [5.74, 6) is -1.89. The van der Waals surface area contributed by atoms with Crippen molar-refractivity contribution in [3.05, 3.63) is 17.3 Å². The number of hydrogen-bond donors (Lipinski definition) is 2. The van der Waals surface area contributed by atoms with E-state index in [4.69, 9.17) is 22.4 Å². The molecule has 1 heterocycles. The Morgan fingerprint density at radius 1 is 1.92 bits per heavy atom. The van der Waals surface area contributed by atoms with Crippen LogP contribution in [0.2, 0.25) is 5.35 Å². The summed E-state index contributed by atoms with van der Waals surface area (Å²) in [6, 6.07) is 0. The Bertz CT molecular complexity index is 286. The second-order valence-corrected chi connectivity index (χ2v) is 2.48. The minimum absolute atomic E-state index is 0.0296. The van der Waals surface area contributed by atoms with Gasteiger partial charge < -0.3 is 15.3 Å². The third-order valence-corrected chi connectivity index (χ3v) is 1.56. The first-order valence-corrected chi connectivity index (χ1v) is 3.56. The van der Waals surface area contributed by atoms with Gasteiger partial charge in [-0.2, -0.15) is 0 Å². The van der Waals surface area contributed by atoms with Crippen LogP contribution in [0.1, 0.15) is 11.6 Å². The third-order valence-electron chi connectivity index (χ3n) is 1.38. The minimum Gasteiger partial charge on any atom is -0.481 e. The lowest BCUT2D eigenvalue weighted by atomic mass is 10.1. The molecule has 1 rings (SSSR count). The molecule has 0 aliphatic rings. The molecule has 1 unspecified atom stereocenters. The van der Waals surface area contributed by atoms with Crippen molar-refractivity contribution in [1.29, 1.82) is 0 Å². The Hall–Kier alpha value is -1.07. The van der Waals surface area contributed by atoms with E-state index in [-0.39, 0.29) is 17.6 Å². The summed E-state index contributed by atoms with van der Waals surface area (Å²) in [5, 5.41) is 8.55.